The highest BCUT2D eigenvalue weighted by molar-refractivity contribution is 6.39. The molecule has 2 N–H and O–H groups in total. The van der Waals surface area contributed by atoms with Crippen LogP contribution < -0.4 is 0 Å². The molecule has 15 atom stereocenters. The number of ketones is 3. The van der Waals surface area contributed by atoms with Crippen LogP contribution in [-0.2, 0) is 57.1 Å². The van der Waals surface area contributed by atoms with E-state index < -0.39 is 77.8 Å². The molecule has 3 aliphatic heterocycles. The summed E-state index contributed by atoms with van der Waals surface area (Å²) < 4.78 is 41.5. The number of hydrogen-bond acceptors (Lipinski definition) is 14. The van der Waals surface area contributed by atoms with Gasteiger partial charge >= 0.3 is 5.97 Å². The van der Waals surface area contributed by atoms with Gasteiger partial charge in [0, 0.05) is 65.1 Å². The number of aliphatic hydroxyl groups excluding tert-OH is 1. The number of nitrogens with zero attached hydrogens (tertiary/aromatic N) is 1. The van der Waals surface area contributed by atoms with Gasteiger partial charge in [-0.15, -0.1) is 0 Å². The van der Waals surface area contributed by atoms with Crippen molar-refractivity contribution in [3.63, 3.8) is 0 Å². The second-order valence-electron chi connectivity index (χ2n) is 20.6. The van der Waals surface area contributed by atoms with Crippen LogP contribution in [0.15, 0.2) is 47.6 Å². The van der Waals surface area contributed by atoms with Crippen LogP contribution in [0.3, 0.4) is 0 Å². The molecule has 3 heterocycles. The van der Waals surface area contributed by atoms with E-state index in [-0.39, 0.29) is 60.9 Å². The van der Waals surface area contributed by atoms with Crippen molar-refractivity contribution in [3.8, 4) is 0 Å². The van der Waals surface area contributed by atoms with Crippen LogP contribution in [-0.4, -0.2) is 147 Å². The summed E-state index contributed by atoms with van der Waals surface area (Å²) in [5.41, 5.74) is 1.28. The molecule has 0 aromatic carbocycles. The lowest BCUT2D eigenvalue weighted by molar-refractivity contribution is -0.265. The number of carbonyl (C=O) groups excluding carboxylic acids is 5. The van der Waals surface area contributed by atoms with Crippen molar-refractivity contribution in [2.24, 2.45) is 35.5 Å². The standard InChI is InChI=1S/C55H87NO14/c1-12-67-26-27-68-45-24-22-41(31-48(45)65-10)30-37(5)47-33-44(57)36(4)29-39(7)50(59)51(66-11)49(58)38(6)28-34(2)18-14-13-15-19-35(3)46(64-9)32-42-23-21-40(8)55(63,70-42)52(60)53(61)56-25-17-16-20-43(56)54(62)69-47/h13-15,18-19,29,34,36-38,40-43,45-48,50-51,59,63H,12,16-17,20-28,30-33H2,1-11H3/b15-13+,18-14+,35-19+,39-29+/t34-,36-,37-,38-,40-,41+,42+,43+,45-,46?,47+,48-,50-,51?,55-/m1/s1. The van der Waals surface area contributed by atoms with Gasteiger partial charge in [-0.3, -0.25) is 19.2 Å². The Morgan fingerprint density at radius 3 is 2.27 bits per heavy atom. The number of fused-ring (bicyclic) bond motifs is 3. The molecule has 70 heavy (non-hydrogen) atoms. The highest BCUT2D eigenvalue weighted by Crippen LogP contribution is 2.38. The molecule has 0 aromatic rings. The number of esters is 1. The van der Waals surface area contributed by atoms with Gasteiger partial charge in [0.25, 0.3) is 11.7 Å². The van der Waals surface area contributed by atoms with Crippen molar-refractivity contribution in [3.05, 3.63) is 47.6 Å². The molecule has 2 bridgehead atoms. The predicted molar refractivity (Wildman–Crippen MR) is 265 cm³/mol. The molecular formula is C55H87NO14. The number of amides is 1. The maximum absolute atomic E-state index is 14.5. The van der Waals surface area contributed by atoms with Crippen molar-refractivity contribution in [2.45, 2.75) is 187 Å². The van der Waals surface area contributed by atoms with Crippen LogP contribution in [0.2, 0.25) is 0 Å². The van der Waals surface area contributed by atoms with Crippen LogP contribution in [0, 0.1) is 35.5 Å². The number of ether oxygens (including phenoxy) is 7. The van der Waals surface area contributed by atoms with Crippen molar-refractivity contribution in [2.75, 3.05) is 47.7 Å². The largest absolute Gasteiger partial charge is 0.460 e. The minimum Gasteiger partial charge on any atom is -0.460 e. The van der Waals surface area contributed by atoms with Crippen LogP contribution in [0.4, 0.5) is 0 Å². The number of rotatable bonds is 11. The molecule has 0 aromatic heterocycles. The average molecular weight is 986 g/mol. The van der Waals surface area contributed by atoms with E-state index in [1.165, 1.54) is 12.0 Å². The molecule has 1 saturated carbocycles. The smallest absolute Gasteiger partial charge is 0.329 e. The molecule has 4 rings (SSSR count). The maximum Gasteiger partial charge on any atom is 0.329 e. The second kappa shape index (κ2) is 28.7. The quantitative estimate of drug-likeness (QED) is 0.0911. The summed E-state index contributed by atoms with van der Waals surface area (Å²) in [6.07, 6.45) is 12.4. The Labute approximate surface area is 418 Å². The molecule has 1 aliphatic carbocycles. The lowest BCUT2D eigenvalue weighted by atomic mass is 9.78. The van der Waals surface area contributed by atoms with Gasteiger partial charge in [-0.1, -0.05) is 71.1 Å². The molecule has 396 valence electrons. The zero-order valence-corrected chi connectivity index (χ0v) is 44.1. The van der Waals surface area contributed by atoms with Crippen LogP contribution >= 0.6 is 0 Å². The van der Waals surface area contributed by atoms with E-state index >= 15 is 0 Å². The molecule has 4 aliphatic rings. The molecule has 0 radical (unpaired) electrons. The first kappa shape index (κ1) is 59.2. The Morgan fingerprint density at radius 2 is 1.59 bits per heavy atom. The summed E-state index contributed by atoms with van der Waals surface area (Å²) >= 11 is 0. The Bertz CT molecular complexity index is 1840. The lowest BCUT2D eigenvalue weighted by Crippen LogP contribution is -2.61. The van der Waals surface area contributed by atoms with E-state index in [4.69, 9.17) is 33.2 Å². The van der Waals surface area contributed by atoms with E-state index in [0.717, 1.165) is 18.4 Å². The third-order valence-corrected chi connectivity index (χ3v) is 15.2. The first-order chi connectivity index (χ1) is 33.3. The van der Waals surface area contributed by atoms with E-state index in [2.05, 4.69) is 0 Å². The van der Waals surface area contributed by atoms with Crippen LogP contribution in [0.1, 0.15) is 132 Å². The Morgan fingerprint density at radius 1 is 0.843 bits per heavy atom. The second-order valence-corrected chi connectivity index (χ2v) is 20.6. The van der Waals surface area contributed by atoms with Crippen molar-refractivity contribution < 1.29 is 67.3 Å². The van der Waals surface area contributed by atoms with Gasteiger partial charge in [0.15, 0.2) is 5.78 Å². The highest BCUT2D eigenvalue weighted by Gasteiger charge is 2.53. The maximum atomic E-state index is 14.5. The molecule has 1 amide bonds. The van der Waals surface area contributed by atoms with E-state index in [1.807, 2.05) is 65.0 Å². The summed E-state index contributed by atoms with van der Waals surface area (Å²) in [5, 5.41) is 23.5. The fourth-order valence-electron chi connectivity index (χ4n) is 10.7. The third-order valence-electron chi connectivity index (χ3n) is 15.2. The van der Waals surface area contributed by atoms with Gasteiger partial charge in [-0.2, -0.15) is 0 Å². The Kier molecular flexibility index (Phi) is 24.3. The zero-order chi connectivity index (χ0) is 51.7. The van der Waals surface area contributed by atoms with E-state index in [9.17, 15) is 34.2 Å². The molecular weight excluding hydrogens is 899 g/mol. The topological polar surface area (TPSA) is 194 Å². The van der Waals surface area contributed by atoms with Gasteiger partial charge in [-0.05, 0) is 114 Å². The van der Waals surface area contributed by atoms with E-state index in [0.29, 0.717) is 76.8 Å². The minimum atomic E-state index is -2.43. The highest BCUT2D eigenvalue weighted by atomic mass is 16.6. The molecule has 0 spiro atoms. The third kappa shape index (κ3) is 16.3. The first-order valence-electron chi connectivity index (χ1n) is 26.0. The molecule has 15 nitrogen and oxygen atoms in total. The number of allylic oxidation sites excluding steroid dienone is 6. The molecule has 3 fully saturated rings. The molecule has 2 saturated heterocycles. The fourth-order valence-corrected chi connectivity index (χ4v) is 10.7. The minimum absolute atomic E-state index is 0.0195. The number of Topliss-reactive ketones (excluding diaryl/α,β-unsaturated/α-hetero) is 3. The number of methoxy groups -OCH3 is 3. The summed E-state index contributed by atoms with van der Waals surface area (Å²) in [6.45, 7) is 16.4. The van der Waals surface area contributed by atoms with Gasteiger partial charge in [-0.25, -0.2) is 4.79 Å². The summed E-state index contributed by atoms with van der Waals surface area (Å²) in [4.78, 5) is 72.4. The lowest BCUT2D eigenvalue weighted by Gasteiger charge is -2.42. The van der Waals surface area contributed by atoms with Crippen molar-refractivity contribution >= 4 is 29.2 Å². The van der Waals surface area contributed by atoms with Crippen LogP contribution in [0.25, 0.3) is 0 Å². The van der Waals surface area contributed by atoms with Gasteiger partial charge in [0.05, 0.1) is 37.6 Å². The monoisotopic (exact) mass is 986 g/mol. The number of cyclic esters (lactones) is 1. The normalized spacial score (nSPS) is 38.4. The number of piperidine rings is 1. The summed E-state index contributed by atoms with van der Waals surface area (Å²) in [5.74, 6) is -7.83. The van der Waals surface area contributed by atoms with E-state index in [1.54, 1.807) is 41.1 Å². The van der Waals surface area contributed by atoms with Gasteiger partial charge < -0.3 is 48.3 Å². The van der Waals surface area contributed by atoms with Crippen molar-refractivity contribution in [1.82, 2.24) is 4.90 Å². The predicted octanol–water partition coefficient (Wildman–Crippen LogP) is 7.24. The number of carbonyl (C=O) groups is 5. The average Bonchev–Trinajstić information content (AvgIpc) is 3.34. The summed E-state index contributed by atoms with van der Waals surface area (Å²) in [6, 6.07) is -1.14. The fraction of sp³-hybridized carbons (Fsp3) is 0.764. The molecule has 2 unspecified atom stereocenters. The summed E-state index contributed by atoms with van der Waals surface area (Å²) in [7, 11) is 4.64. The van der Waals surface area contributed by atoms with Crippen molar-refractivity contribution in [1.29, 1.82) is 0 Å². The SMILES string of the molecule is CCOCCO[C@@H]1CC[C@@H](C[C@@H](C)[C@@H]2CC(=O)[C@H](C)/C=C(\C)[C@@H](O)C(OC)C(=O)[C@H](C)C[C@H](C)/C=C/C=C/C=C(\C)C(OC)C[C@@H]3CC[C@@H](C)[C@@](O)(O3)C(=O)C(=O)N3CCCC[C@H]3C(=O)O2)C[C@H]1OC. The van der Waals surface area contributed by atoms with Crippen LogP contribution in [0.5, 0.6) is 0 Å². The number of hydrogen-bond donors (Lipinski definition) is 2. The Balaban J connectivity index is 1.68. The zero-order valence-electron chi connectivity index (χ0n) is 44.1. The van der Waals surface area contributed by atoms with Gasteiger partial charge in [0.2, 0.25) is 5.79 Å². The van der Waals surface area contributed by atoms with Gasteiger partial charge in [0.1, 0.15) is 30.1 Å². The first-order valence-corrected chi connectivity index (χ1v) is 26.0. The Hall–Kier alpha value is -3.41. The molecule has 15 heteroatoms. The number of aliphatic hydroxyl groups is 2.